The van der Waals surface area contributed by atoms with Crippen molar-refractivity contribution in [2.75, 3.05) is 6.61 Å². The second-order valence-electron chi connectivity index (χ2n) is 5.56. The number of allylic oxidation sites excluding steroid dienone is 1. The molecule has 0 unspecified atom stereocenters. The molecule has 2 rings (SSSR count). The van der Waals surface area contributed by atoms with Crippen LogP contribution in [0.1, 0.15) is 44.6 Å². The molecule has 2 aromatic rings. The summed E-state index contributed by atoms with van der Waals surface area (Å²) in [6.45, 7) is 5.23. The van der Waals surface area contributed by atoms with Crippen molar-refractivity contribution in [1.82, 2.24) is 4.98 Å². The number of esters is 1. The van der Waals surface area contributed by atoms with E-state index < -0.39 is 11.8 Å². The highest BCUT2D eigenvalue weighted by atomic mass is 79.9. The zero-order valence-corrected chi connectivity index (χ0v) is 16.1. The van der Waals surface area contributed by atoms with Crippen molar-refractivity contribution < 1.29 is 19.4 Å². The van der Waals surface area contributed by atoms with Crippen LogP contribution in [0.15, 0.2) is 28.2 Å². The zero-order valence-electron chi connectivity index (χ0n) is 14.5. The highest BCUT2D eigenvalue weighted by Crippen LogP contribution is 2.26. The van der Waals surface area contributed by atoms with Gasteiger partial charge in [0, 0.05) is 5.69 Å². The van der Waals surface area contributed by atoms with Gasteiger partial charge in [-0.2, -0.15) is 5.26 Å². The third kappa shape index (κ3) is 3.86. The molecule has 0 atom stereocenters. The van der Waals surface area contributed by atoms with Crippen LogP contribution in [0.25, 0.3) is 6.08 Å². The standard InChI is InChI=1S/C19H17BrN2O4/c1-4-26-19(25)16-10(2)17(22-11(16)3)18(24)13(9-21)7-12-5-6-15(23)14(20)8-12/h5-8,22-23H,4H2,1-3H3/b13-7+. The van der Waals surface area contributed by atoms with Crippen molar-refractivity contribution >= 4 is 33.8 Å². The van der Waals surface area contributed by atoms with Crippen molar-refractivity contribution in [1.29, 1.82) is 5.26 Å². The van der Waals surface area contributed by atoms with Crippen LogP contribution >= 0.6 is 15.9 Å². The number of carbonyl (C=O) groups excluding carboxylic acids is 2. The molecule has 7 heteroatoms. The van der Waals surface area contributed by atoms with E-state index in [2.05, 4.69) is 20.9 Å². The Morgan fingerprint density at radius 1 is 1.38 bits per heavy atom. The molecule has 1 aromatic carbocycles. The summed E-state index contributed by atoms with van der Waals surface area (Å²) in [6.07, 6.45) is 1.42. The fourth-order valence-corrected chi connectivity index (χ4v) is 2.95. The molecule has 6 nitrogen and oxygen atoms in total. The van der Waals surface area contributed by atoms with Gasteiger partial charge in [0.05, 0.1) is 22.3 Å². The van der Waals surface area contributed by atoms with E-state index in [0.29, 0.717) is 26.9 Å². The first-order valence-corrected chi connectivity index (χ1v) is 8.60. The summed E-state index contributed by atoms with van der Waals surface area (Å²) in [4.78, 5) is 27.7. The minimum Gasteiger partial charge on any atom is -0.507 e. The average Bonchev–Trinajstić information content (AvgIpc) is 2.90. The van der Waals surface area contributed by atoms with E-state index in [1.807, 2.05) is 6.07 Å². The Balaban J connectivity index is 2.45. The number of nitrogens with one attached hydrogen (secondary N) is 1. The number of aromatic nitrogens is 1. The number of nitrogens with zero attached hydrogens (tertiary/aromatic N) is 1. The molecule has 0 bridgehead atoms. The summed E-state index contributed by atoms with van der Waals surface area (Å²) >= 11 is 3.19. The lowest BCUT2D eigenvalue weighted by Crippen LogP contribution is -2.08. The van der Waals surface area contributed by atoms with Gasteiger partial charge in [-0.25, -0.2) is 4.79 Å². The topological polar surface area (TPSA) is 103 Å². The lowest BCUT2D eigenvalue weighted by Gasteiger charge is -2.03. The van der Waals surface area contributed by atoms with E-state index in [-0.39, 0.29) is 23.6 Å². The Morgan fingerprint density at radius 3 is 2.65 bits per heavy atom. The number of H-pyrrole nitrogens is 1. The smallest absolute Gasteiger partial charge is 0.340 e. The number of rotatable bonds is 5. The Bertz CT molecular complexity index is 951. The largest absolute Gasteiger partial charge is 0.507 e. The molecule has 1 aromatic heterocycles. The average molecular weight is 417 g/mol. The molecule has 0 fully saturated rings. The number of aromatic hydroxyl groups is 1. The predicted molar refractivity (Wildman–Crippen MR) is 100.0 cm³/mol. The number of benzene rings is 1. The normalized spacial score (nSPS) is 11.1. The molecule has 0 aliphatic heterocycles. The number of phenols is 1. The number of aryl methyl sites for hydroxylation is 1. The van der Waals surface area contributed by atoms with Crippen molar-refractivity contribution in [2.45, 2.75) is 20.8 Å². The molecule has 1 heterocycles. The number of ketones is 1. The number of ether oxygens (including phenoxy) is 1. The number of nitriles is 1. The third-order valence-corrected chi connectivity index (χ3v) is 4.43. The molecule has 0 amide bonds. The van der Waals surface area contributed by atoms with E-state index in [0.717, 1.165) is 0 Å². The molecule has 26 heavy (non-hydrogen) atoms. The molecule has 0 aliphatic rings. The number of carbonyl (C=O) groups is 2. The molecule has 0 spiro atoms. The lowest BCUT2D eigenvalue weighted by atomic mass is 10.0. The van der Waals surface area contributed by atoms with Crippen LogP contribution in [0.5, 0.6) is 5.75 Å². The molecular weight excluding hydrogens is 400 g/mol. The molecular formula is C19H17BrN2O4. The van der Waals surface area contributed by atoms with Crippen molar-refractivity contribution in [3.05, 3.63) is 56.3 Å². The van der Waals surface area contributed by atoms with Gasteiger partial charge >= 0.3 is 5.97 Å². The van der Waals surface area contributed by atoms with Crippen molar-refractivity contribution in [3.8, 4) is 11.8 Å². The Morgan fingerprint density at radius 2 is 2.08 bits per heavy atom. The van der Waals surface area contributed by atoms with Crippen molar-refractivity contribution in [3.63, 3.8) is 0 Å². The SMILES string of the molecule is CCOC(=O)c1c(C)[nH]c(C(=O)/C(C#N)=C/c2ccc(O)c(Br)c2)c1C. The minimum absolute atomic E-state index is 0.0573. The van der Waals surface area contributed by atoms with Gasteiger partial charge in [0.1, 0.15) is 17.4 Å². The maximum Gasteiger partial charge on any atom is 0.340 e. The van der Waals surface area contributed by atoms with E-state index in [1.165, 1.54) is 12.1 Å². The molecule has 134 valence electrons. The molecule has 2 N–H and O–H groups in total. The molecule has 0 saturated carbocycles. The van der Waals surface area contributed by atoms with Crippen LogP contribution in [-0.4, -0.2) is 28.4 Å². The first kappa shape index (κ1) is 19.5. The number of aromatic amines is 1. The summed E-state index contributed by atoms with van der Waals surface area (Å²) in [5.74, 6) is -0.975. The first-order valence-electron chi connectivity index (χ1n) is 7.81. The van der Waals surface area contributed by atoms with Gasteiger partial charge < -0.3 is 14.8 Å². The molecule has 0 saturated heterocycles. The summed E-state index contributed by atoms with van der Waals surface area (Å²) in [7, 11) is 0. The van der Waals surface area contributed by atoms with Crippen LogP contribution < -0.4 is 0 Å². The Labute approximate surface area is 159 Å². The van der Waals surface area contributed by atoms with E-state index >= 15 is 0 Å². The van der Waals surface area contributed by atoms with Gasteiger partial charge in [-0.3, -0.25) is 4.79 Å². The summed E-state index contributed by atoms with van der Waals surface area (Å²) < 4.78 is 5.46. The van der Waals surface area contributed by atoms with E-state index in [4.69, 9.17) is 4.74 Å². The predicted octanol–water partition coefficient (Wildman–Crippen LogP) is 4.07. The van der Waals surface area contributed by atoms with E-state index in [1.54, 1.807) is 32.9 Å². The Hall–Kier alpha value is -2.85. The van der Waals surface area contributed by atoms with Gasteiger partial charge in [0.15, 0.2) is 0 Å². The number of Topliss-reactive ketones (excluding diaryl/α,β-unsaturated/α-hetero) is 1. The van der Waals surface area contributed by atoms with Gasteiger partial charge in [-0.15, -0.1) is 0 Å². The van der Waals surface area contributed by atoms with Crippen molar-refractivity contribution in [2.24, 2.45) is 0 Å². The molecule has 0 aliphatic carbocycles. The quantitative estimate of drug-likeness (QED) is 0.331. The van der Waals surface area contributed by atoms with Crippen LogP contribution in [0, 0.1) is 25.2 Å². The van der Waals surface area contributed by atoms with Crippen LogP contribution in [0.3, 0.4) is 0 Å². The number of hydrogen-bond acceptors (Lipinski definition) is 5. The minimum atomic E-state index is -0.521. The maximum absolute atomic E-state index is 12.8. The fourth-order valence-electron chi connectivity index (χ4n) is 2.55. The summed E-state index contributed by atoms with van der Waals surface area (Å²) in [5, 5.41) is 18.9. The second-order valence-corrected chi connectivity index (χ2v) is 6.41. The fraction of sp³-hybridized carbons (Fsp3) is 0.211. The van der Waals surface area contributed by atoms with Crippen LogP contribution in [-0.2, 0) is 4.74 Å². The number of halogens is 1. The highest BCUT2D eigenvalue weighted by molar-refractivity contribution is 9.10. The summed E-state index contributed by atoms with van der Waals surface area (Å²) in [5.41, 5.74) is 1.91. The molecule has 0 radical (unpaired) electrons. The van der Waals surface area contributed by atoms with E-state index in [9.17, 15) is 20.0 Å². The number of phenolic OH excluding ortho intramolecular Hbond substituents is 1. The lowest BCUT2D eigenvalue weighted by molar-refractivity contribution is 0.0525. The van der Waals surface area contributed by atoms with Gasteiger partial charge in [-0.1, -0.05) is 6.07 Å². The van der Waals surface area contributed by atoms with Gasteiger partial charge in [-0.05, 0) is 66.0 Å². The summed E-state index contributed by atoms with van der Waals surface area (Å²) in [6, 6.07) is 6.53. The van der Waals surface area contributed by atoms with Gasteiger partial charge in [0.2, 0.25) is 5.78 Å². The number of hydrogen-bond donors (Lipinski definition) is 2. The maximum atomic E-state index is 12.8. The first-order chi connectivity index (χ1) is 12.3. The van der Waals surface area contributed by atoms with Crippen LogP contribution in [0.4, 0.5) is 0 Å². The Kier molecular flexibility index (Phi) is 6.01. The van der Waals surface area contributed by atoms with Gasteiger partial charge in [0.25, 0.3) is 0 Å². The van der Waals surface area contributed by atoms with Crippen LogP contribution in [0.2, 0.25) is 0 Å². The zero-order chi connectivity index (χ0) is 19.4. The monoisotopic (exact) mass is 416 g/mol. The highest BCUT2D eigenvalue weighted by Gasteiger charge is 2.24. The second kappa shape index (κ2) is 8.02. The third-order valence-electron chi connectivity index (χ3n) is 3.79.